The molecule has 1 amide bonds. The SMILES string of the molecule is Cc1oc(NC(=O)CSCCN)c(C#N)c1C. The van der Waals surface area contributed by atoms with Gasteiger partial charge in [-0.1, -0.05) is 0 Å². The van der Waals surface area contributed by atoms with Crippen LogP contribution < -0.4 is 11.1 Å². The number of carbonyl (C=O) groups is 1. The highest BCUT2D eigenvalue weighted by molar-refractivity contribution is 7.99. The molecule has 0 aliphatic rings. The molecule has 17 heavy (non-hydrogen) atoms. The summed E-state index contributed by atoms with van der Waals surface area (Å²) in [6.07, 6.45) is 0. The molecule has 0 aliphatic carbocycles. The summed E-state index contributed by atoms with van der Waals surface area (Å²) in [5.74, 6) is 1.73. The van der Waals surface area contributed by atoms with Crippen molar-refractivity contribution in [3.05, 3.63) is 16.9 Å². The highest BCUT2D eigenvalue weighted by atomic mass is 32.2. The first kappa shape index (κ1) is 13.6. The number of carbonyl (C=O) groups excluding carboxylic acids is 1. The summed E-state index contributed by atoms with van der Waals surface area (Å²) in [4.78, 5) is 11.5. The molecule has 3 N–H and O–H groups in total. The minimum absolute atomic E-state index is 0.186. The fourth-order valence-corrected chi connectivity index (χ4v) is 1.83. The molecular formula is C11H15N3O2S. The summed E-state index contributed by atoms with van der Waals surface area (Å²) in [5.41, 5.74) is 6.47. The molecule has 0 bridgehead atoms. The Balaban J connectivity index is 2.66. The van der Waals surface area contributed by atoms with E-state index < -0.39 is 0 Å². The molecule has 0 saturated heterocycles. The van der Waals surface area contributed by atoms with Crippen molar-refractivity contribution in [2.75, 3.05) is 23.4 Å². The molecule has 92 valence electrons. The number of hydrogen-bond donors (Lipinski definition) is 2. The van der Waals surface area contributed by atoms with E-state index in [0.29, 0.717) is 23.6 Å². The van der Waals surface area contributed by atoms with E-state index in [4.69, 9.17) is 15.4 Å². The summed E-state index contributed by atoms with van der Waals surface area (Å²) in [6, 6.07) is 2.02. The van der Waals surface area contributed by atoms with Gasteiger partial charge >= 0.3 is 0 Å². The van der Waals surface area contributed by atoms with E-state index in [0.717, 1.165) is 11.3 Å². The second kappa shape index (κ2) is 6.33. The maximum atomic E-state index is 11.5. The average molecular weight is 253 g/mol. The molecule has 1 rings (SSSR count). The lowest BCUT2D eigenvalue weighted by atomic mass is 10.2. The molecule has 0 atom stereocenters. The van der Waals surface area contributed by atoms with Crippen LogP contribution in [0.25, 0.3) is 0 Å². The number of furan rings is 1. The summed E-state index contributed by atoms with van der Waals surface area (Å²) >= 11 is 1.44. The first-order valence-corrected chi connectivity index (χ1v) is 6.33. The van der Waals surface area contributed by atoms with E-state index >= 15 is 0 Å². The number of nitriles is 1. The van der Waals surface area contributed by atoms with Crippen molar-refractivity contribution < 1.29 is 9.21 Å². The number of aryl methyl sites for hydroxylation is 1. The zero-order valence-corrected chi connectivity index (χ0v) is 10.7. The van der Waals surface area contributed by atoms with Gasteiger partial charge in [0.25, 0.3) is 0 Å². The molecule has 5 nitrogen and oxygen atoms in total. The van der Waals surface area contributed by atoms with Gasteiger partial charge in [-0.2, -0.15) is 17.0 Å². The Bertz CT molecular complexity index is 448. The van der Waals surface area contributed by atoms with Gasteiger partial charge in [0.05, 0.1) is 5.75 Å². The monoisotopic (exact) mass is 253 g/mol. The molecule has 0 radical (unpaired) electrons. The number of rotatable bonds is 5. The maximum Gasteiger partial charge on any atom is 0.236 e. The standard InChI is InChI=1S/C11H15N3O2S/c1-7-8(2)16-11(9(7)5-13)14-10(15)6-17-4-3-12/h3-4,6,12H2,1-2H3,(H,14,15). The lowest BCUT2D eigenvalue weighted by Gasteiger charge is -2.01. The fourth-order valence-electron chi connectivity index (χ4n) is 1.26. The number of nitrogens with one attached hydrogen (secondary N) is 1. The Morgan fingerprint density at radius 2 is 2.29 bits per heavy atom. The molecule has 1 heterocycles. The highest BCUT2D eigenvalue weighted by Crippen LogP contribution is 2.25. The van der Waals surface area contributed by atoms with E-state index in [1.807, 2.05) is 6.07 Å². The number of nitrogens with two attached hydrogens (primary N) is 1. The maximum absolute atomic E-state index is 11.5. The van der Waals surface area contributed by atoms with Crippen LogP contribution in [0.5, 0.6) is 0 Å². The highest BCUT2D eigenvalue weighted by Gasteiger charge is 2.16. The van der Waals surface area contributed by atoms with E-state index in [1.165, 1.54) is 11.8 Å². The normalized spacial score (nSPS) is 10.0. The van der Waals surface area contributed by atoms with Crippen molar-refractivity contribution in [3.63, 3.8) is 0 Å². The minimum atomic E-state index is -0.186. The third-order valence-electron chi connectivity index (χ3n) is 2.25. The van der Waals surface area contributed by atoms with Gasteiger partial charge in [0, 0.05) is 17.9 Å². The van der Waals surface area contributed by atoms with E-state index in [-0.39, 0.29) is 11.8 Å². The van der Waals surface area contributed by atoms with Crippen LogP contribution in [-0.4, -0.2) is 24.0 Å². The molecule has 6 heteroatoms. The molecule has 0 saturated carbocycles. The molecule has 0 aromatic carbocycles. The predicted molar refractivity (Wildman–Crippen MR) is 67.9 cm³/mol. The number of hydrogen-bond acceptors (Lipinski definition) is 5. The largest absolute Gasteiger partial charge is 0.444 e. The van der Waals surface area contributed by atoms with Crippen LogP contribution in [0.1, 0.15) is 16.9 Å². The van der Waals surface area contributed by atoms with Crippen LogP contribution in [0.4, 0.5) is 5.88 Å². The summed E-state index contributed by atoms with van der Waals surface area (Å²) < 4.78 is 5.32. The zero-order chi connectivity index (χ0) is 12.8. The smallest absolute Gasteiger partial charge is 0.236 e. The second-order valence-electron chi connectivity index (χ2n) is 3.49. The van der Waals surface area contributed by atoms with Gasteiger partial charge in [-0.25, -0.2) is 0 Å². The lowest BCUT2D eigenvalue weighted by molar-refractivity contribution is -0.113. The van der Waals surface area contributed by atoms with Crippen molar-refractivity contribution in [3.8, 4) is 6.07 Å². The number of anilines is 1. The Hall–Kier alpha value is -1.45. The average Bonchev–Trinajstić information content (AvgIpc) is 2.54. The first-order valence-electron chi connectivity index (χ1n) is 5.18. The van der Waals surface area contributed by atoms with Crippen molar-refractivity contribution in [2.24, 2.45) is 5.73 Å². The Labute approximate surface area is 104 Å². The molecule has 0 unspecified atom stereocenters. The number of thioether (sulfide) groups is 1. The Kier molecular flexibility index (Phi) is 5.07. The quantitative estimate of drug-likeness (QED) is 0.774. The van der Waals surface area contributed by atoms with Gasteiger partial charge in [-0.15, -0.1) is 0 Å². The van der Waals surface area contributed by atoms with Crippen LogP contribution in [0, 0.1) is 25.2 Å². The van der Waals surface area contributed by atoms with Crippen molar-refractivity contribution in [1.29, 1.82) is 5.26 Å². The summed E-state index contributed by atoms with van der Waals surface area (Å²) in [6.45, 7) is 4.09. The fraction of sp³-hybridized carbons (Fsp3) is 0.455. The number of nitrogens with zero attached hydrogens (tertiary/aromatic N) is 1. The van der Waals surface area contributed by atoms with Gasteiger partial charge in [0.15, 0.2) is 0 Å². The lowest BCUT2D eigenvalue weighted by Crippen LogP contribution is -2.15. The summed E-state index contributed by atoms with van der Waals surface area (Å²) in [7, 11) is 0. The van der Waals surface area contributed by atoms with Crippen LogP contribution in [0.15, 0.2) is 4.42 Å². The molecular weight excluding hydrogens is 238 g/mol. The first-order chi connectivity index (χ1) is 8.10. The van der Waals surface area contributed by atoms with E-state index in [1.54, 1.807) is 13.8 Å². The Morgan fingerprint density at radius 1 is 1.59 bits per heavy atom. The van der Waals surface area contributed by atoms with Crippen LogP contribution in [0.3, 0.4) is 0 Å². The third kappa shape index (κ3) is 3.51. The van der Waals surface area contributed by atoms with Crippen LogP contribution in [0.2, 0.25) is 0 Å². The topological polar surface area (TPSA) is 92.1 Å². The molecule has 1 aromatic rings. The van der Waals surface area contributed by atoms with Crippen LogP contribution in [-0.2, 0) is 4.79 Å². The van der Waals surface area contributed by atoms with Crippen molar-refractivity contribution in [1.82, 2.24) is 0 Å². The minimum Gasteiger partial charge on any atom is -0.444 e. The van der Waals surface area contributed by atoms with Crippen molar-refractivity contribution in [2.45, 2.75) is 13.8 Å². The van der Waals surface area contributed by atoms with Crippen molar-refractivity contribution >= 4 is 23.6 Å². The van der Waals surface area contributed by atoms with Gasteiger partial charge < -0.3 is 10.2 Å². The predicted octanol–water partition coefficient (Wildman–Crippen LogP) is 1.40. The molecule has 0 aliphatic heterocycles. The molecule has 0 spiro atoms. The Morgan fingerprint density at radius 3 is 2.88 bits per heavy atom. The third-order valence-corrected chi connectivity index (χ3v) is 3.24. The molecule has 1 aromatic heterocycles. The van der Waals surface area contributed by atoms with E-state index in [9.17, 15) is 4.79 Å². The van der Waals surface area contributed by atoms with Crippen LogP contribution >= 0.6 is 11.8 Å². The second-order valence-corrected chi connectivity index (χ2v) is 4.59. The molecule has 0 fully saturated rings. The van der Waals surface area contributed by atoms with Gasteiger partial charge in [-0.3, -0.25) is 10.1 Å². The summed E-state index contributed by atoms with van der Waals surface area (Å²) in [5, 5.41) is 11.5. The van der Waals surface area contributed by atoms with E-state index in [2.05, 4.69) is 5.32 Å². The zero-order valence-electron chi connectivity index (χ0n) is 9.87. The van der Waals surface area contributed by atoms with Gasteiger partial charge in [0.1, 0.15) is 17.4 Å². The number of amides is 1. The van der Waals surface area contributed by atoms with Gasteiger partial charge in [-0.05, 0) is 13.8 Å². The van der Waals surface area contributed by atoms with Gasteiger partial charge in [0.2, 0.25) is 11.8 Å².